The van der Waals surface area contributed by atoms with E-state index in [1.54, 1.807) is 0 Å². The Morgan fingerprint density at radius 1 is 1.33 bits per heavy atom. The van der Waals surface area contributed by atoms with Crippen LogP contribution in [0.2, 0.25) is 0 Å². The van der Waals surface area contributed by atoms with Gasteiger partial charge in [0.1, 0.15) is 4.47 Å². The molecular formula is C18H18BrN5O3. The quantitative estimate of drug-likeness (QED) is 0.456. The van der Waals surface area contributed by atoms with E-state index in [1.807, 2.05) is 60.3 Å². The lowest BCUT2D eigenvalue weighted by Crippen LogP contribution is -2.27. The molecule has 140 valence electrons. The summed E-state index contributed by atoms with van der Waals surface area (Å²) in [6.07, 6.45) is 5.59. The van der Waals surface area contributed by atoms with E-state index in [9.17, 15) is 14.9 Å². The summed E-state index contributed by atoms with van der Waals surface area (Å²) in [6.45, 7) is 2.18. The fraction of sp³-hybridized carbons (Fsp3) is 0.222. The third-order valence-corrected chi connectivity index (χ3v) is 4.65. The Kier molecular flexibility index (Phi) is 5.70. The number of nitrogens with one attached hydrogen (secondary N) is 1. The number of carbonyl (C=O) groups is 1. The predicted octanol–water partition coefficient (Wildman–Crippen LogP) is 3.61. The Bertz CT molecular complexity index is 952. The van der Waals surface area contributed by atoms with Crippen molar-refractivity contribution in [1.29, 1.82) is 0 Å². The van der Waals surface area contributed by atoms with Crippen LogP contribution in [0.5, 0.6) is 0 Å². The number of rotatable bonds is 7. The zero-order valence-electron chi connectivity index (χ0n) is 14.6. The van der Waals surface area contributed by atoms with Crippen LogP contribution in [-0.4, -0.2) is 25.2 Å². The van der Waals surface area contributed by atoms with Gasteiger partial charge < -0.3 is 20.0 Å². The number of amides is 1. The Balaban J connectivity index is 1.58. The Hall–Kier alpha value is -2.94. The van der Waals surface area contributed by atoms with Crippen LogP contribution in [0.3, 0.4) is 0 Å². The number of hydrogen-bond donors (Lipinski definition) is 1. The summed E-state index contributed by atoms with van der Waals surface area (Å²) < 4.78 is 3.68. The molecule has 3 rings (SSSR count). The van der Waals surface area contributed by atoms with E-state index in [-0.39, 0.29) is 30.7 Å². The van der Waals surface area contributed by atoms with Crippen molar-refractivity contribution in [1.82, 2.24) is 19.7 Å². The molecule has 0 radical (unpaired) electrons. The minimum absolute atomic E-state index is 0.150. The molecule has 0 bridgehead atoms. The molecule has 0 spiro atoms. The molecule has 8 nitrogen and oxygen atoms in total. The van der Waals surface area contributed by atoms with Gasteiger partial charge in [0.05, 0.1) is 23.9 Å². The van der Waals surface area contributed by atoms with Crippen molar-refractivity contribution in [3.05, 3.63) is 75.1 Å². The number of carbonyl (C=O) groups excluding carboxylic acids is 1. The van der Waals surface area contributed by atoms with Crippen LogP contribution in [0.15, 0.2) is 59.5 Å². The van der Waals surface area contributed by atoms with Crippen molar-refractivity contribution in [2.75, 3.05) is 0 Å². The molecule has 2 aromatic heterocycles. The van der Waals surface area contributed by atoms with Crippen molar-refractivity contribution >= 4 is 27.7 Å². The third kappa shape index (κ3) is 4.62. The lowest BCUT2D eigenvalue weighted by molar-refractivity contribution is -0.390. The topological polar surface area (TPSA) is 95.0 Å². The molecule has 1 aromatic carbocycles. The zero-order chi connectivity index (χ0) is 19.4. The zero-order valence-corrected chi connectivity index (χ0v) is 16.2. The number of nitro groups is 1. The Morgan fingerprint density at radius 2 is 2.07 bits per heavy atom. The maximum Gasteiger partial charge on any atom is 0.404 e. The van der Waals surface area contributed by atoms with Crippen LogP contribution >= 0.6 is 15.9 Å². The number of aryl methyl sites for hydroxylation is 1. The standard InChI is InChI=1S/C18H18BrN5O3/c1-13(14-5-4-6-15(11-14)22-8-2-3-9-22)20-17(25)7-10-23-12-16(19)18(21-23)24(26)27/h2-6,8-9,11-13H,7,10H2,1H3,(H,20,25). The molecule has 0 saturated heterocycles. The van der Waals surface area contributed by atoms with Crippen LogP contribution in [0, 0.1) is 10.1 Å². The molecule has 1 N–H and O–H groups in total. The first-order valence-electron chi connectivity index (χ1n) is 8.34. The number of hydrogen-bond acceptors (Lipinski definition) is 4. The lowest BCUT2D eigenvalue weighted by Gasteiger charge is -2.15. The molecule has 1 atom stereocenters. The van der Waals surface area contributed by atoms with Crippen molar-refractivity contribution in [2.24, 2.45) is 0 Å². The minimum atomic E-state index is -0.569. The molecule has 0 aliphatic carbocycles. The summed E-state index contributed by atoms with van der Waals surface area (Å²) in [5.74, 6) is -0.409. The first kappa shape index (κ1) is 18.8. The number of halogens is 1. The molecule has 9 heteroatoms. The van der Waals surface area contributed by atoms with Gasteiger partial charge in [-0.2, -0.15) is 4.68 Å². The van der Waals surface area contributed by atoms with Gasteiger partial charge in [-0.25, -0.2) is 0 Å². The minimum Gasteiger partial charge on any atom is -0.358 e. The maximum atomic E-state index is 12.2. The van der Waals surface area contributed by atoms with E-state index in [0.29, 0.717) is 4.47 Å². The fourth-order valence-electron chi connectivity index (χ4n) is 2.70. The number of aromatic nitrogens is 3. The van der Waals surface area contributed by atoms with Crippen LogP contribution in [-0.2, 0) is 11.3 Å². The second kappa shape index (κ2) is 8.17. The van der Waals surface area contributed by atoms with Crippen molar-refractivity contribution in [3.63, 3.8) is 0 Å². The van der Waals surface area contributed by atoms with Crippen LogP contribution in [0.4, 0.5) is 5.82 Å². The van der Waals surface area contributed by atoms with Crippen LogP contribution in [0.25, 0.3) is 5.69 Å². The summed E-state index contributed by atoms with van der Waals surface area (Å²) in [5, 5.41) is 17.6. The van der Waals surface area contributed by atoms with E-state index in [0.717, 1.165) is 11.3 Å². The summed E-state index contributed by atoms with van der Waals surface area (Å²) >= 11 is 3.09. The average molecular weight is 432 g/mol. The molecule has 0 aliphatic rings. The molecule has 27 heavy (non-hydrogen) atoms. The van der Waals surface area contributed by atoms with E-state index in [4.69, 9.17) is 0 Å². The molecule has 0 saturated carbocycles. The highest BCUT2D eigenvalue weighted by Crippen LogP contribution is 2.22. The largest absolute Gasteiger partial charge is 0.404 e. The smallest absolute Gasteiger partial charge is 0.358 e. The SMILES string of the molecule is CC(NC(=O)CCn1cc(Br)c([N+](=O)[O-])n1)c1cccc(-n2cccc2)c1. The monoisotopic (exact) mass is 431 g/mol. The lowest BCUT2D eigenvalue weighted by atomic mass is 10.1. The second-order valence-corrected chi connectivity index (χ2v) is 6.90. The first-order valence-corrected chi connectivity index (χ1v) is 9.13. The van der Waals surface area contributed by atoms with E-state index >= 15 is 0 Å². The fourth-order valence-corrected chi connectivity index (χ4v) is 3.16. The second-order valence-electron chi connectivity index (χ2n) is 6.05. The van der Waals surface area contributed by atoms with E-state index in [2.05, 4.69) is 26.3 Å². The average Bonchev–Trinajstić information content (AvgIpc) is 3.30. The normalized spacial score (nSPS) is 11.9. The van der Waals surface area contributed by atoms with E-state index < -0.39 is 4.92 Å². The third-order valence-electron chi connectivity index (χ3n) is 4.09. The first-order chi connectivity index (χ1) is 12.9. The predicted molar refractivity (Wildman–Crippen MR) is 104 cm³/mol. The molecule has 1 unspecified atom stereocenters. The molecule has 1 amide bonds. The Morgan fingerprint density at radius 3 is 2.74 bits per heavy atom. The van der Waals surface area contributed by atoms with Crippen LogP contribution in [0.1, 0.15) is 24.9 Å². The highest BCUT2D eigenvalue weighted by Gasteiger charge is 2.19. The number of benzene rings is 1. The molecule has 0 aliphatic heterocycles. The van der Waals surface area contributed by atoms with Crippen molar-refractivity contribution in [2.45, 2.75) is 25.9 Å². The summed E-state index contributed by atoms with van der Waals surface area (Å²) in [6, 6.07) is 11.7. The van der Waals surface area contributed by atoms with E-state index in [1.165, 1.54) is 10.9 Å². The van der Waals surface area contributed by atoms with Gasteiger partial charge in [-0.3, -0.25) is 4.79 Å². The Labute approximate surface area is 164 Å². The van der Waals surface area contributed by atoms with Gasteiger partial charge >= 0.3 is 5.82 Å². The van der Waals surface area contributed by atoms with Gasteiger partial charge in [0.25, 0.3) is 0 Å². The van der Waals surface area contributed by atoms with Gasteiger partial charge in [-0.05, 0) is 57.6 Å². The van der Waals surface area contributed by atoms with Gasteiger partial charge in [-0.15, -0.1) is 0 Å². The summed E-state index contributed by atoms with van der Waals surface area (Å²) in [5.41, 5.74) is 2.01. The van der Waals surface area contributed by atoms with Gasteiger partial charge in [0, 0.05) is 24.5 Å². The van der Waals surface area contributed by atoms with Gasteiger partial charge in [0.15, 0.2) is 0 Å². The van der Waals surface area contributed by atoms with Crippen LogP contribution < -0.4 is 5.32 Å². The van der Waals surface area contributed by atoms with Gasteiger partial charge in [0.2, 0.25) is 5.91 Å². The summed E-state index contributed by atoms with van der Waals surface area (Å²) in [7, 11) is 0. The van der Waals surface area contributed by atoms with Crippen molar-refractivity contribution in [3.8, 4) is 5.69 Å². The molecule has 0 fully saturated rings. The highest BCUT2D eigenvalue weighted by atomic mass is 79.9. The maximum absolute atomic E-state index is 12.2. The summed E-state index contributed by atoms with van der Waals surface area (Å²) in [4.78, 5) is 22.5. The molecular weight excluding hydrogens is 414 g/mol. The molecule has 3 aromatic rings. The van der Waals surface area contributed by atoms with Gasteiger partial charge in [-0.1, -0.05) is 12.1 Å². The highest BCUT2D eigenvalue weighted by molar-refractivity contribution is 9.10. The van der Waals surface area contributed by atoms with Crippen molar-refractivity contribution < 1.29 is 9.72 Å². The number of nitrogens with zero attached hydrogens (tertiary/aromatic N) is 4. The molecule has 2 heterocycles.